The van der Waals surface area contributed by atoms with Crippen molar-refractivity contribution in [1.29, 1.82) is 0 Å². The molecular formula is C22H25N3O2S. The summed E-state index contributed by atoms with van der Waals surface area (Å²) in [6.45, 7) is 12.1. The number of carbonyl (C=O) groups excluding carboxylic acids is 2. The Hall–Kier alpha value is -2.73. The average Bonchev–Trinajstić information content (AvgIpc) is 2.87. The number of benzene rings is 1. The highest BCUT2D eigenvalue weighted by Crippen LogP contribution is 2.28. The standard InChI is InChI=1S/C22H25N3O2S/c1-12(2)24-15(5)10-17(16(24)6)11-18-20(26)23-22(28)25(21(18)27)19-8-7-13(3)9-14(19)4/h7-12H,1-6H3,(H,23,26,28). The molecule has 1 aliphatic rings. The van der Waals surface area contributed by atoms with E-state index in [9.17, 15) is 9.59 Å². The van der Waals surface area contributed by atoms with Crippen molar-refractivity contribution in [3.63, 3.8) is 0 Å². The van der Waals surface area contributed by atoms with Gasteiger partial charge in [-0.1, -0.05) is 17.7 Å². The highest BCUT2D eigenvalue weighted by atomic mass is 32.1. The van der Waals surface area contributed by atoms with Gasteiger partial charge in [0.1, 0.15) is 5.57 Å². The molecule has 0 radical (unpaired) electrons. The highest BCUT2D eigenvalue weighted by Gasteiger charge is 2.35. The number of rotatable bonds is 3. The molecule has 6 heteroatoms. The highest BCUT2D eigenvalue weighted by molar-refractivity contribution is 7.80. The van der Waals surface area contributed by atoms with Crippen LogP contribution >= 0.6 is 12.2 Å². The Morgan fingerprint density at radius 2 is 1.75 bits per heavy atom. The number of hydrogen-bond acceptors (Lipinski definition) is 3. The van der Waals surface area contributed by atoms with Gasteiger partial charge in [0.15, 0.2) is 5.11 Å². The van der Waals surface area contributed by atoms with Crippen LogP contribution in [0.25, 0.3) is 6.08 Å². The van der Waals surface area contributed by atoms with Crippen LogP contribution in [0.2, 0.25) is 0 Å². The van der Waals surface area contributed by atoms with Gasteiger partial charge in [-0.25, -0.2) is 0 Å². The van der Waals surface area contributed by atoms with E-state index in [1.165, 1.54) is 4.90 Å². The van der Waals surface area contributed by atoms with Gasteiger partial charge in [-0.15, -0.1) is 0 Å². The lowest BCUT2D eigenvalue weighted by atomic mass is 10.0. The molecule has 28 heavy (non-hydrogen) atoms. The number of thiocarbonyl (C=S) groups is 1. The van der Waals surface area contributed by atoms with Crippen molar-refractivity contribution in [3.05, 3.63) is 57.9 Å². The molecule has 2 heterocycles. The molecule has 1 aliphatic heterocycles. The summed E-state index contributed by atoms with van der Waals surface area (Å²) in [6, 6.07) is 8.06. The largest absolute Gasteiger partial charge is 0.346 e. The van der Waals surface area contributed by atoms with E-state index in [1.54, 1.807) is 6.08 Å². The molecule has 3 rings (SSSR count). The van der Waals surface area contributed by atoms with Gasteiger partial charge < -0.3 is 4.57 Å². The molecule has 0 bridgehead atoms. The van der Waals surface area contributed by atoms with Gasteiger partial charge in [-0.2, -0.15) is 0 Å². The van der Waals surface area contributed by atoms with Gasteiger partial charge in [0, 0.05) is 17.4 Å². The Bertz CT molecular complexity index is 1030. The van der Waals surface area contributed by atoms with Crippen LogP contribution < -0.4 is 10.2 Å². The molecular weight excluding hydrogens is 370 g/mol. The van der Waals surface area contributed by atoms with Gasteiger partial charge >= 0.3 is 0 Å². The van der Waals surface area contributed by atoms with E-state index < -0.39 is 11.8 Å². The molecule has 0 spiro atoms. The van der Waals surface area contributed by atoms with Crippen LogP contribution in [0, 0.1) is 27.7 Å². The summed E-state index contributed by atoms with van der Waals surface area (Å²) in [5.41, 5.74) is 5.74. The van der Waals surface area contributed by atoms with Crippen molar-refractivity contribution in [2.75, 3.05) is 4.90 Å². The van der Waals surface area contributed by atoms with Crippen LogP contribution in [0.3, 0.4) is 0 Å². The lowest BCUT2D eigenvalue weighted by molar-refractivity contribution is -0.122. The summed E-state index contributed by atoms with van der Waals surface area (Å²) in [6.07, 6.45) is 1.66. The maximum Gasteiger partial charge on any atom is 0.270 e. The minimum Gasteiger partial charge on any atom is -0.346 e. The van der Waals surface area contributed by atoms with Crippen LogP contribution in [-0.2, 0) is 9.59 Å². The Labute approximate surface area is 171 Å². The van der Waals surface area contributed by atoms with E-state index >= 15 is 0 Å². The molecule has 1 aromatic heterocycles. The van der Waals surface area contributed by atoms with Gasteiger partial charge in [-0.3, -0.25) is 19.8 Å². The normalized spacial score (nSPS) is 16.3. The topological polar surface area (TPSA) is 54.3 Å². The number of nitrogens with zero attached hydrogens (tertiary/aromatic N) is 2. The predicted molar refractivity (Wildman–Crippen MR) is 116 cm³/mol. The molecule has 1 saturated heterocycles. The minimum absolute atomic E-state index is 0.0811. The third-order valence-corrected chi connectivity index (χ3v) is 5.32. The lowest BCUT2D eigenvalue weighted by Gasteiger charge is -2.30. The molecule has 146 valence electrons. The van der Waals surface area contributed by atoms with Crippen molar-refractivity contribution < 1.29 is 9.59 Å². The molecule has 2 amide bonds. The number of carbonyl (C=O) groups is 2. The molecule has 0 atom stereocenters. The van der Waals surface area contributed by atoms with Crippen LogP contribution in [0.1, 0.15) is 48.0 Å². The first kappa shape index (κ1) is 20.0. The zero-order valence-electron chi connectivity index (χ0n) is 17.1. The van der Waals surface area contributed by atoms with Crippen LogP contribution in [-0.4, -0.2) is 21.5 Å². The fourth-order valence-corrected chi connectivity index (χ4v) is 4.11. The second-order valence-corrected chi connectivity index (χ2v) is 7.92. The maximum atomic E-state index is 13.2. The number of nitrogens with one attached hydrogen (secondary N) is 1. The van der Waals surface area contributed by atoms with E-state index in [4.69, 9.17) is 12.2 Å². The van der Waals surface area contributed by atoms with Gasteiger partial charge in [0.2, 0.25) is 0 Å². The first-order valence-corrected chi connectivity index (χ1v) is 9.69. The average molecular weight is 396 g/mol. The van der Waals surface area contributed by atoms with Crippen LogP contribution in [0.15, 0.2) is 29.8 Å². The first-order valence-electron chi connectivity index (χ1n) is 9.29. The van der Waals surface area contributed by atoms with E-state index in [-0.39, 0.29) is 10.7 Å². The van der Waals surface area contributed by atoms with Crippen molar-refractivity contribution in [2.24, 2.45) is 0 Å². The molecule has 1 aromatic carbocycles. The van der Waals surface area contributed by atoms with E-state index in [0.717, 1.165) is 28.1 Å². The summed E-state index contributed by atoms with van der Waals surface area (Å²) >= 11 is 5.30. The molecule has 1 fully saturated rings. The fourth-order valence-electron chi connectivity index (χ4n) is 3.83. The monoisotopic (exact) mass is 395 g/mol. The second kappa shape index (κ2) is 7.36. The summed E-state index contributed by atoms with van der Waals surface area (Å²) < 4.78 is 2.18. The van der Waals surface area contributed by atoms with E-state index in [0.29, 0.717) is 11.7 Å². The van der Waals surface area contributed by atoms with Crippen molar-refractivity contribution in [2.45, 2.75) is 47.6 Å². The third kappa shape index (κ3) is 3.40. The SMILES string of the molecule is Cc1ccc(N2C(=O)C(=Cc3cc(C)n(C(C)C)c3C)C(=O)NC2=S)c(C)c1. The van der Waals surface area contributed by atoms with Crippen LogP contribution in [0.5, 0.6) is 0 Å². The molecule has 5 nitrogen and oxygen atoms in total. The molecule has 0 aliphatic carbocycles. The van der Waals surface area contributed by atoms with Crippen LogP contribution in [0.4, 0.5) is 5.69 Å². The van der Waals surface area contributed by atoms with Crippen molar-refractivity contribution in [1.82, 2.24) is 9.88 Å². The Morgan fingerprint density at radius 3 is 2.32 bits per heavy atom. The first-order chi connectivity index (χ1) is 13.1. The van der Waals surface area contributed by atoms with Crippen molar-refractivity contribution in [3.8, 4) is 0 Å². The maximum absolute atomic E-state index is 13.2. The third-order valence-electron chi connectivity index (χ3n) is 5.03. The summed E-state index contributed by atoms with van der Waals surface area (Å²) in [5, 5.41) is 2.76. The van der Waals surface area contributed by atoms with E-state index in [1.807, 2.05) is 52.0 Å². The fraction of sp³-hybridized carbons (Fsp3) is 0.318. The summed E-state index contributed by atoms with van der Waals surface area (Å²) in [4.78, 5) is 27.2. The minimum atomic E-state index is -0.467. The number of hydrogen-bond donors (Lipinski definition) is 1. The molecule has 1 N–H and O–H groups in total. The summed E-state index contributed by atoms with van der Waals surface area (Å²) in [5.74, 6) is -0.875. The molecule has 0 saturated carbocycles. The van der Waals surface area contributed by atoms with Gasteiger partial charge in [0.25, 0.3) is 11.8 Å². The van der Waals surface area contributed by atoms with E-state index in [2.05, 4.69) is 23.7 Å². The number of aryl methyl sites for hydroxylation is 3. The van der Waals surface area contributed by atoms with Gasteiger partial charge in [0.05, 0.1) is 5.69 Å². The summed E-state index contributed by atoms with van der Waals surface area (Å²) in [7, 11) is 0. The lowest BCUT2D eigenvalue weighted by Crippen LogP contribution is -2.54. The zero-order valence-corrected chi connectivity index (χ0v) is 17.9. The number of amides is 2. The zero-order chi connectivity index (χ0) is 20.7. The number of aromatic nitrogens is 1. The molecule has 2 aromatic rings. The predicted octanol–water partition coefficient (Wildman–Crippen LogP) is 4.13. The van der Waals surface area contributed by atoms with Gasteiger partial charge in [-0.05, 0) is 83.1 Å². The molecule has 0 unspecified atom stereocenters. The Morgan fingerprint density at radius 1 is 1.07 bits per heavy atom. The smallest absolute Gasteiger partial charge is 0.270 e. The second-order valence-electron chi connectivity index (χ2n) is 7.54. The quantitative estimate of drug-likeness (QED) is 0.483. The Kier molecular flexibility index (Phi) is 5.26. The number of anilines is 1. The Balaban J connectivity index is 2.08. The van der Waals surface area contributed by atoms with Crippen molar-refractivity contribution >= 4 is 40.9 Å².